The van der Waals surface area contributed by atoms with Gasteiger partial charge in [-0.2, -0.15) is 0 Å². The molecular weight excluding hydrogens is 307 g/mol. The molecule has 122 valence electrons. The van der Waals surface area contributed by atoms with Gasteiger partial charge in [0.15, 0.2) is 0 Å². The van der Waals surface area contributed by atoms with E-state index in [0.29, 0.717) is 11.7 Å². The summed E-state index contributed by atoms with van der Waals surface area (Å²) in [4.78, 5) is 16.4. The summed E-state index contributed by atoms with van der Waals surface area (Å²) in [6, 6.07) is 7.72. The molecule has 1 aromatic heterocycles. The molecule has 0 aliphatic heterocycles. The summed E-state index contributed by atoms with van der Waals surface area (Å²) in [6.07, 6.45) is 1.94. The Hall–Kier alpha value is -1.67. The first kappa shape index (κ1) is 16.2. The second-order valence-electron chi connectivity index (χ2n) is 7.04. The van der Waals surface area contributed by atoms with Crippen LogP contribution in [0.1, 0.15) is 38.2 Å². The van der Waals surface area contributed by atoms with Gasteiger partial charge in [-0.15, -0.1) is 0 Å². The zero-order valence-electron chi connectivity index (χ0n) is 14.1. The van der Waals surface area contributed by atoms with Crippen LogP contribution in [-0.2, 0) is 9.36 Å². The normalized spacial score (nSPS) is 15.2. The third-order valence-electron chi connectivity index (χ3n) is 4.23. The molecule has 1 amide bonds. The van der Waals surface area contributed by atoms with Crippen LogP contribution in [0, 0.1) is 5.92 Å². The molecule has 1 N–H and O–H groups in total. The average molecular weight is 330 g/mol. The quantitative estimate of drug-likeness (QED) is 0.863. The molecular formula is C18H23N2O2P. The molecule has 0 radical (unpaired) electrons. The largest absolute Gasteiger partial charge is 0.319 e. The van der Waals surface area contributed by atoms with E-state index >= 15 is 0 Å². The van der Waals surface area contributed by atoms with Crippen LogP contribution in [0.25, 0.3) is 10.9 Å². The Balaban J connectivity index is 2.09. The highest BCUT2D eigenvalue weighted by Gasteiger charge is 2.30. The van der Waals surface area contributed by atoms with Crippen molar-refractivity contribution in [1.82, 2.24) is 4.98 Å². The standard InChI is InChI=1S/C18H23N2O2P/c1-11(2)13-7-9-15-14(17(13)23(3,4)22)8-10-16(19-15)20-18(21)12-5-6-12/h7-12H,5-6H2,1-4H3,(H,19,20,21). The first-order valence-electron chi connectivity index (χ1n) is 8.07. The number of fused-ring (bicyclic) bond motifs is 1. The molecule has 23 heavy (non-hydrogen) atoms. The molecule has 1 aliphatic rings. The van der Waals surface area contributed by atoms with Crippen LogP contribution in [0.15, 0.2) is 24.3 Å². The number of pyridine rings is 1. The highest BCUT2D eigenvalue weighted by molar-refractivity contribution is 7.70. The van der Waals surface area contributed by atoms with Crippen molar-refractivity contribution in [1.29, 1.82) is 0 Å². The molecule has 1 heterocycles. The van der Waals surface area contributed by atoms with Crippen molar-refractivity contribution in [2.45, 2.75) is 32.6 Å². The Bertz CT molecular complexity index is 819. The monoisotopic (exact) mass is 330 g/mol. The first-order valence-corrected chi connectivity index (χ1v) is 10.7. The van der Waals surface area contributed by atoms with Gasteiger partial charge in [-0.05, 0) is 55.9 Å². The van der Waals surface area contributed by atoms with Gasteiger partial charge < -0.3 is 9.88 Å². The molecule has 1 saturated carbocycles. The van der Waals surface area contributed by atoms with E-state index in [0.717, 1.165) is 34.6 Å². The van der Waals surface area contributed by atoms with Gasteiger partial charge in [0.25, 0.3) is 0 Å². The Kier molecular flexibility index (Phi) is 4.05. The minimum Gasteiger partial charge on any atom is -0.319 e. The average Bonchev–Trinajstić information content (AvgIpc) is 3.29. The van der Waals surface area contributed by atoms with Crippen molar-refractivity contribution in [3.63, 3.8) is 0 Å². The molecule has 1 aromatic carbocycles. The third-order valence-corrected chi connectivity index (χ3v) is 5.81. The van der Waals surface area contributed by atoms with Crippen LogP contribution < -0.4 is 10.6 Å². The number of hydrogen-bond donors (Lipinski definition) is 1. The molecule has 4 nitrogen and oxygen atoms in total. The van der Waals surface area contributed by atoms with Gasteiger partial charge in [0.05, 0.1) is 5.52 Å². The number of anilines is 1. The summed E-state index contributed by atoms with van der Waals surface area (Å²) in [7, 11) is -2.43. The lowest BCUT2D eigenvalue weighted by atomic mass is 10.0. The molecule has 1 fully saturated rings. The van der Waals surface area contributed by atoms with Crippen LogP contribution >= 0.6 is 7.14 Å². The van der Waals surface area contributed by atoms with Crippen LogP contribution in [-0.4, -0.2) is 24.2 Å². The lowest BCUT2D eigenvalue weighted by molar-refractivity contribution is -0.117. The zero-order chi connectivity index (χ0) is 16.8. The minimum atomic E-state index is -2.43. The van der Waals surface area contributed by atoms with Crippen molar-refractivity contribution in [3.05, 3.63) is 29.8 Å². The van der Waals surface area contributed by atoms with Crippen molar-refractivity contribution >= 4 is 35.1 Å². The summed E-state index contributed by atoms with van der Waals surface area (Å²) >= 11 is 0. The summed E-state index contributed by atoms with van der Waals surface area (Å²) < 4.78 is 12.8. The molecule has 5 heteroatoms. The number of aromatic nitrogens is 1. The van der Waals surface area contributed by atoms with Gasteiger partial charge >= 0.3 is 0 Å². The molecule has 0 unspecified atom stereocenters. The number of rotatable bonds is 4. The van der Waals surface area contributed by atoms with Crippen LogP contribution in [0.3, 0.4) is 0 Å². The second kappa shape index (κ2) is 5.76. The van der Waals surface area contributed by atoms with E-state index in [9.17, 15) is 9.36 Å². The van der Waals surface area contributed by atoms with E-state index in [1.165, 1.54) is 0 Å². The Labute approximate surface area is 137 Å². The minimum absolute atomic E-state index is 0.0486. The maximum absolute atomic E-state index is 12.8. The summed E-state index contributed by atoms with van der Waals surface area (Å²) in [5, 5.41) is 4.71. The molecule has 2 aromatic rings. The van der Waals surface area contributed by atoms with E-state index in [2.05, 4.69) is 24.1 Å². The number of nitrogens with zero attached hydrogens (tertiary/aromatic N) is 1. The lowest BCUT2D eigenvalue weighted by Crippen LogP contribution is -2.16. The highest BCUT2D eigenvalue weighted by atomic mass is 31.2. The predicted molar refractivity (Wildman–Crippen MR) is 96.3 cm³/mol. The van der Waals surface area contributed by atoms with Crippen molar-refractivity contribution in [2.75, 3.05) is 18.6 Å². The molecule has 1 aliphatic carbocycles. The number of carbonyl (C=O) groups is 1. The third kappa shape index (κ3) is 3.32. The Morgan fingerprint density at radius 3 is 2.48 bits per heavy atom. The van der Waals surface area contributed by atoms with Crippen LogP contribution in [0.2, 0.25) is 0 Å². The number of nitrogens with one attached hydrogen (secondary N) is 1. The molecule has 0 saturated heterocycles. The second-order valence-corrected chi connectivity index (χ2v) is 10.2. The summed E-state index contributed by atoms with van der Waals surface area (Å²) in [5.74, 6) is 1.07. The van der Waals surface area contributed by atoms with E-state index in [4.69, 9.17) is 0 Å². The maximum atomic E-state index is 12.8. The highest BCUT2D eigenvalue weighted by Crippen LogP contribution is 2.41. The predicted octanol–water partition coefficient (Wildman–Crippen LogP) is 3.95. The van der Waals surface area contributed by atoms with E-state index in [-0.39, 0.29) is 11.8 Å². The zero-order valence-corrected chi connectivity index (χ0v) is 15.0. The smallest absolute Gasteiger partial charge is 0.228 e. The Morgan fingerprint density at radius 1 is 1.22 bits per heavy atom. The fourth-order valence-electron chi connectivity index (χ4n) is 2.92. The van der Waals surface area contributed by atoms with Crippen LogP contribution in [0.4, 0.5) is 5.82 Å². The number of carbonyl (C=O) groups excluding carboxylic acids is 1. The van der Waals surface area contributed by atoms with Crippen LogP contribution in [0.5, 0.6) is 0 Å². The molecule has 0 spiro atoms. The first-order chi connectivity index (χ1) is 10.8. The van der Waals surface area contributed by atoms with Gasteiger partial charge in [0.1, 0.15) is 13.0 Å². The van der Waals surface area contributed by atoms with E-state index in [1.54, 1.807) is 13.3 Å². The number of amides is 1. The fraction of sp³-hybridized carbons (Fsp3) is 0.444. The van der Waals surface area contributed by atoms with Crippen molar-refractivity contribution < 1.29 is 9.36 Å². The van der Waals surface area contributed by atoms with E-state index < -0.39 is 7.14 Å². The fourth-order valence-corrected chi connectivity index (χ4v) is 4.64. The van der Waals surface area contributed by atoms with E-state index in [1.807, 2.05) is 24.3 Å². The van der Waals surface area contributed by atoms with Crippen molar-refractivity contribution in [2.24, 2.45) is 5.92 Å². The van der Waals surface area contributed by atoms with Gasteiger partial charge in [0.2, 0.25) is 5.91 Å². The van der Waals surface area contributed by atoms with Gasteiger partial charge in [0, 0.05) is 16.6 Å². The summed E-state index contributed by atoms with van der Waals surface area (Å²) in [6.45, 7) is 7.82. The molecule has 3 rings (SSSR count). The SMILES string of the molecule is CC(C)c1ccc2nc(NC(=O)C3CC3)ccc2c1P(C)(C)=O. The number of benzene rings is 1. The maximum Gasteiger partial charge on any atom is 0.228 e. The van der Waals surface area contributed by atoms with Gasteiger partial charge in [-0.1, -0.05) is 19.9 Å². The molecule has 0 atom stereocenters. The van der Waals surface area contributed by atoms with Gasteiger partial charge in [-0.25, -0.2) is 4.98 Å². The lowest BCUT2D eigenvalue weighted by Gasteiger charge is -2.19. The van der Waals surface area contributed by atoms with Gasteiger partial charge in [-0.3, -0.25) is 4.79 Å². The number of hydrogen-bond acceptors (Lipinski definition) is 3. The molecule has 0 bridgehead atoms. The topological polar surface area (TPSA) is 59.1 Å². The summed E-state index contributed by atoms with van der Waals surface area (Å²) in [5.41, 5.74) is 1.89. The van der Waals surface area contributed by atoms with Crippen molar-refractivity contribution in [3.8, 4) is 0 Å². The Morgan fingerprint density at radius 2 is 1.91 bits per heavy atom.